The number of hydrogen-bond donors (Lipinski definition) is 0. The number of aromatic nitrogens is 1. The molecule has 2 heterocycles. The standard InChI is InChI=1S/C23H27N3O3S2/c1-17-3-5-18(6-4-17)29-16-22(27)26(10-9-25-11-13-28-14-12-25)23-24-20-8-7-19(30-2)15-21(20)31-23/h3-8,15H,9-14,16H2,1-2H3. The van der Waals surface area contributed by atoms with Crippen molar-refractivity contribution in [1.82, 2.24) is 9.88 Å². The molecule has 8 heteroatoms. The molecule has 31 heavy (non-hydrogen) atoms. The molecule has 0 radical (unpaired) electrons. The first kappa shape index (κ1) is 22.1. The Morgan fingerprint density at radius 2 is 2.00 bits per heavy atom. The molecule has 164 valence electrons. The highest BCUT2D eigenvalue weighted by Crippen LogP contribution is 2.31. The molecule has 3 aromatic rings. The Kier molecular flexibility index (Phi) is 7.45. The lowest BCUT2D eigenvalue weighted by atomic mass is 10.2. The van der Waals surface area contributed by atoms with E-state index in [1.807, 2.05) is 37.3 Å². The van der Waals surface area contributed by atoms with Gasteiger partial charge in [0.1, 0.15) is 5.75 Å². The normalized spacial score (nSPS) is 14.6. The molecular weight excluding hydrogens is 430 g/mol. The maximum atomic E-state index is 13.2. The van der Waals surface area contributed by atoms with Gasteiger partial charge >= 0.3 is 0 Å². The molecule has 0 bridgehead atoms. The summed E-state index contributed by atoms with van der Waals surface area (Å²) in [5, 5.41) is 0.721. The Hall–Kier alpha value is -2.13. The number of thiazole rings is 1. The fourth-order valence-electron chi connectivity index (χ4n) is 3.39. The van der Waals surface area contributed by atoms with Crippen LogP contribution < -0.4 is 9.64 Å². The van der Waals surface area contributed by atoms with E-state index in [2.05, 4.69) is 23.3 Å². The van der Waals surface area contributed by atoms with E-state index in [-0.39, 0.29) is 12.5 Å². The Bertz CT molecular complexity index is 1020. The van der Waals surface area contributed by atoms with Gasteiger partial charge in [0.15, 0.2) is 11.7 Å². The number of hydrogen-bond acceptors (Lipinski definition) is 7. The summed E-state index contributed by atoms with van der Waals surface area (Å²) < 4.78 is 12.3. The highest BCUT2D eigenvalue weighted by molar-refractivity contribution is 7.98. The minimum Gasteiger partial charge on any atom is -0.484 e. The highest BCUT2D eigenvalue weighted by atomic mass is 32.2. The van der Waals surface area contributed by atoms with Crippen LogP contribution in [0.15, 0.2) is 47.4 Å². The van der Waals surface area contributed by atoms with E-state index >= 15 is 0 Å². The molecule has 6 nitrogen and oxygen atoms in total. The zero-order valence-electron chi connectivity index (χ0n) is 17.9. The predicted octanol–water partition coefficient (Wildman–Crippen LogP) is 4.07. The molecule has 0 N–H and O–H groups in total. The number of morpholine rings is 1. The lowest BCUT2D eigenvalue weighted by Gasteiger charge is -2.29. The summed E-state index contributed by atoms with van der Waals surface area (Å²) in [5.41, 5.74) is 2.08. The molecule has 1 aromatic heterocycles. The van der Waals surface area contributed by atoms with E-state index in [1.54, 1.807) is 28.0 Å². The molecule has 2 aromatic carbocycles. The van der Waals surface area contributed by atoms with Crippen LogP contribution in [-0.2, 0) is 9.53 Å². The van der Waals surface area contributed by atoms with Crippen LogP contribution in [0, 0.1) is 6.92 Å². The first-order valence-corrected chi connectivity index (χ1v) is 12.4. The molecule has 1 fully saturated rings. The van der Waals surface area contributed by atoms with Gasteiger partial charge in [0.05, 0.1) is 23.4 Å². The van der Waals surface area contributed by atoms with Crippen molar-refractivity contribution in [2.24, 2.45) is 0 Å². The fraction of sp³-hybridized carbons (Fsp3) is 0.391. The number of carbonyl (C=O) groups excluding carboxylic acids is 1. The predicted molar refractivity (Wildman–Crippen MR) is 128 cm³/mol. The number of nitrogens with zero attached hydrogens (tertiary/aromatic N) is 3. The molecule has 4 rings (SSSR count). The van der Waals surface area contributed by atoms with Crippen LogP contribution >= 0.6 is 23.1 Å². The lowest BCUT2D eigenvalue weighted by molar-refractivity contribution is -0.120. The van der Waals surface area contributed by atoms with Gasteiger partial charge in [-0.2, -0.15) is 0 Å². The summed E-state index contributed by atoms with van der Waals surface area (Å²) in [7, 11) is 0. The SMILES string of the molecule is CSc1ccc2nc(N(CCN3CCOCC3)C(=O)COc3ccc(C)cc3)sc2c1. The molecule has 1 saturated heterocycles. The highest BCUT2D eigenvalue weighted by Gasteiger charge is 2.22. The number of anilines is 1. The summed E-state index contributed by atoms with van der Waals surface area (Å²) in [5.74, 6) is 0.610. The quantitative estimate of drug-likeness (QED) is 0.475. The van der Waals surface area contributed by atoms with Crippen molar-refractivity contribution < 1.29 is 14.3 Å². The summed E-state index contributed by atoms with van der Waals surface area (Å²) in [6, 6.07) is 14.0. The average Bonchev–Trinajstić information content (AvgIpc) is 3.22. The summed E-state index contributed by atoms with van der Waals surface area (Å²) in [6.07, 6.45) is 2.06. The van der Waals surface area contributed by atoms with Crippen molar-refractivity contribution in [3.63, 3.8) is 0 Å². The number of amides is 1. The van der Waals surface area contributed by atoms with Crippen LogP contribution in [0.4, 0.5) is 5.13 Å². The monoisotopic (exact) mass is 457 g/mol. The van der Waals surface area contributed by atoms with Gasteiger partial charge in [0.2, 0.25) is 0 Å². The second-order valence-corrected chi connectivity index (χ2v) is 9.32. The molecule has 0 atom stereocenters. The van der Waals surface area contributed by atoms with Gasteiger partial charge in [-0.05, 0) is 43.5 Å². The van der Waals surface area contributed by atoms with Gasteiger partial charge in [0, 0.05) is 31.1 Å². The van der Waals surface area contributed by atoms with Crippen LogP contribution in [0.3, 0.4) is 0 Å². The smallest absolute Gasteiger partial charge is 0.266 e. The third-order valence-electron chi connectivity index (χ3n) is 5.24. The Balaban J connectivity index is 1.51. The van der Waals surface area contributed by atoms with E-state index < -0.39 is 0 Å². The van der Waals surface area contributed by atoms with E-state index in [1.165, 1.54) is 4.90 Å². The fourth-order valence-corrected chi connectivity index (χ4v) is 4.95. The van der Waals surface area contributed by atoms with Gasteiger partial charge in [-0.1, -0.05) is 29.0 Å². The third-order valence-corrected chi connectivity index (χ3v) is 7.01. The van der Waals surface area contributed by atoms with Gasteiger partial charge in [0.25, 0.3) is 5.91 Å². The van der Waals surface area contributed by atoms with Crippen LogP contribution in [0.25, 0.3) is 10.2 Å². The molecule has 0 aliphatic carbocycles. The van der Waals surface area contributed by atoms with E-state index in [0.717, 1.165) is 53.8 Å². The Labute approximate surface area is 191 Å². The van der Waals surface area contributed by atoms with Crippen molar-refractivity contribution in [3.05, 3.63) is 48.0 Å². The Morgan fingerprint density at radius 1 is 1.23 bits per heavy atom. The number of fused-ring (bicyclic) bond motifs is 1. The van der Waals surface area contributed by atoms with Crippen molar-refractivity contribution >= 4 is 44.4 Å². The van der Waals surface area contributed by atoms with Gasteiger partial charge in [-0.15, -0.1) is 11.8 Å². The number of carbonyl (C=O) groups is 1. The topological polar surface area (TPSA) is 54.9 Å². The van der Waals surface area contributed by atoms with Gasteiger partial charge in [-0.3, -0.25) is 14.6 Å². The van der Waals surface area contributed by atoms with Gasteiger partial charge in [-0.25, -0.2) is 4.98 Å². The first-order chi connectivity index (χ1) is 15.1. The van der Waals surface area contributed by atoms with Crippen LogP contribution in [0.1, 0.15) is 5.56 Å². The van der Waals surface area contributed by atoms with E-state index in [0.29, 0.717) is 12.3 Å². The molecular formula is C23H27N3O3S2. The van der Waals surface area contributed by atoms with Crippen molar-refractivity contribution in [1.29, 1.82) is 0 Å². The number of ether oxygens (including phenoxy) is 2. The zero-order chi connectivity index (χ0) is 21.6. The lowest BCUT2D eigenvalue weighted by Crippen LogP contribution is -2.44. The maximum absolute atomic E-state index is 13.2. The van der Waals surface area contributed by atoms with Crippen molar-refractivity contribution in [3.8, 4) is 5.75 Å². The number of benzene rings is 2. The summed E-state index contributed by atoms with van der Waals surface area (Å²) in [4.78, 5) is 23.2. The Morgan fingerprint density at radius 3 is 2.74 bits per heavy atom. The molecule has 1 aliphatic heterocycles. The van der Waals surface area contributed by atoms with Crippen LogP contribution in [0.2, 0.25) is 0 Å². The number of aryl methyl sites for hydroxylation is 1. The van der Waals surface area contributed by atoms with Crippen LogP contribution in [0.5, 0.6) is 5.75 Å². The van der Waals surface area contributed by atoms with E-state index in [9.17, 15) is 4.79 Å². The van der Waals surface area contributed by atoms with E-state index in [4.69, 9.17) is 14.5 Å². The second-order valence-electron chi connectivity index (χ2n) is 7.43. The van der Waals surface area contributed by atoms with Gasteiger partial charge < -0.3 is 9.47 Å². The summed E-state index contributed by atoms with van der Waals surface area (Å²) in [6.45, 7) is 6.62. The molecule has 0 saturated carbocycles. The zero-order valence-corrected chi connectivity index (χ0v) is 19.5. The summed E-state index contributed by atoms with van der Waals surface area (Å²) >= 11 is 3.26. The largest absolute Gasteiger partial charge is 0.484 e. The minimum absolute atomic E-state index is 0.0157. The molecule has 1 aliphatic rings. The molecule has 0 unspecified atom stereocenters. The third kappa shape index (κ3) is 5.77. The van der Waals surface area contributed by atoms with Crippen molar-refractivity contribution in [2.45, 2.75) is 11.8 Å². The second kappa shape index (κ2) is 10.5. The minimum atomic E-state index is -0.0852. The number of thioether (sulfide) groups is 1. The number of rotatable bonds is 8. The average molecular weight is 458 g/mol. The first-order valence-electron chi connectivity index (χ1n) is 10.4. The van der Waals surface area contributed by atoms with Crippen molar-refractivity contribution in [2.75, 3.05) is 57.2 Å². The van der Waals surface area contributed by atoms with Crippen LogP contribution in [-0.4, -0.2) is 68.0 Å². The molecule has 1 amide bonds. The maximum Gasteiger partial charge on any atom is 0.266 e. The molecule has 0 spiro atoms.